The molecule has 2 saturated carbocycles. The van der Waals surface area contributed by atoms with Gasteiger partial charge in [0.1, 0.15) is 0 Å². The molecule has 0 radical (unpaired) electrons. The summed E-state index contributed by atoms with van der Waals surface area (Å²) in [5, 5.41) is 0. The fraction of sp³-hybridized carbons (Fsp3) is 1.00. The highest BCUT2D eigenvalue weighted by atomic mass is 16.5. The summed E-state index contributed by atoms with van der Waals surface area (Å²) in [7, 11) is 1.82. The van der Waals surface area contributed by atoms with Gasteiger partial charge in [-0.15, -0.1) is 0 Å². The zero-order valence-electron chi connectivity index (χ0n) is 15.5. The summed E-state index contributed by atoms with van der Waals surface area (Å²) in [6.45, 7) is 9.08. The van der Waals surface area contributed by atoms with Crippen LogP contribution in [0.25, 0.3) is 0 Å². The van der Waals surface area contributed by atoms with E-state index < -0.39 is 0 Å². The first-order valence-electron chi connectivity index (χ1n) is 10.3. The van der Waals surface area contributed by atoms with Crippen LogP contribution in [-0.2, 0) is 9.47 Å². The van der Waals surface area contributed by atoms with Crippen LogP contribution in [-0.4, -0.2) is 75.5 Å². The van der Waals surface area contributed by atoms with E-state index in [4.69, 9.17) is 9.47 Å². The number of piperidine rings is 1. The van der Waals surface area contributed by atoms with Gasteiger partial charge in [0.2, 0.25) is 0 Å². The number of hydrogen-bond donors (Lipinski definition) is 0. The maximum Gasteiger partial charge on any atom is 0.0589 e. The predicted octanol–water partition coefficient (Wildman–Crippen LogP) is 2.63. The highest BCUT2D eigenvalue weighted by molar-refractivity contribution is 5.00. The lowest BCUT2D eigenvalue weighted by molar-refractivity contribution is -0.00250. The molecule has 4 aliphatic rings. The number of ether oxygens (including phenoxy) is 2. The Bertz CT molecular complexity index is 400. The number of hydrogen-bond acceptors (Lipinski definition) is 4. The molecule has 0 bridgehead atoms. The summed E-state index contributed by atoms with van der Waals surface area (Å²) < 4.78 is 11.5. The Labute approximate surface area is 147 Å². The van der Waals surface area contributed by atoms with Crippen molar-refractivity contribution < 1.29 is 9.47 Å². The first-order valence-corrected chi connectivity index (χ1v) is 10.3. The molecule has 0 N–H and O–H groups in total. The monoisotopic (exact) mass is 336 g/mol. The number of methoxy groups -OCH3 is 1. The third kappa shape index (κ3) is 3.82. The second kappa shape index (κ2) is 7.61. The Morgan fingerprint density at radius 1 is 1.04 bits per heavy atom. The van der Waals surface area contributed by atoms with Crippen molar-refractivity contribution in [2.24, 2.45) is 17.3 Å². The Morgan fingerprint density at radius 3 is 2.46 bits per heavy atom. The van der Waals surface area contributed by atoms with Gasteiger partial charge < -0.3 is 19.3 Å². The zero-order valence-corrected chi connectivity index (χ0v) is 15.5. The van der Waals surface area contributed by atoms with Crippen molar-refractivity contribution >= 4 is 0 Å². The SMILES string of the molecule is COCCN1C[C@@H](COCC2CC2)C2(CCN(C3CCC3)CC2)C1. The van der Waals surface area contributed by atoms with Crippen molar-refractivity contribution in [3.05, 3.63) is 0 Å². The van der Waals surface area contributed by atoms with Crippen molar-refractivity contribution in [1.82, 2.24) is 9.80 Å². The molecule has 1 spiro atoms. The van der Waals surface area contributed by atoms with Gasteiger partial charge >= 0.3 is 0 Å². The Balaban J connectivity index is 1.33. The van der Waals surface area contributed by atoms with Crippen LogP contribution in [0.3, 0.4) is 0 Å². The third-order valence-electron chi connectivity index (χ3n) is 7.25. The van der Waals surface area contributed by atoms with E-state index >= 15 is 0 Å². The minimum Gasteiger partial charge on any atom is -0.383 e. The summed E-state index contributed by atoms with van der Waals surface area (Å²) in [5.41, 5.74) is 0.511. The highest BCUT2D eigenvalue weighted by Crippen LogP contribution is 2.46. The van der Waals surface area contributed by atoms with Crippen molar-refractivity contribution in [1.29, 1.82) is 0 Å². The van der Waals surface area contributed by atoms with E-state index in [0.717, 1.165) is 44.2 Å². The molecule has 138 valence electrons. The lowest BCUT2D eigenvalue weighted by Gasteiger charge is -2.47. The van der Waals surface area contributed by atoms with E-state index in [1.807, 2.05) is 7.11 Å². The Hall–Kier alpha value is -0.160. The maximum atomic E-state index is 6.16. The summed E-state index contributed by atoms with van der Waals surface area (Å²) in [6.07, 6.45) is 9.89. The van der Waals surface area contributed by atoms with Crippen molar-refractivity contribution in [2.45, 2.75) is 51.0 Å². The molecule has 2 heterocycles. The van der Waals surface area contributed by atoms with Crippen LogP contribution in [0.1, 0.15) is 44.9 Å². The average molecular weight is 337 g/mol. The first kappa shape index (κ1) is 17.3. The fourth-order valence-electron chi connectivity index (χ4n) is 5.08. The van der Waals surface area contributed by atoms with Gasteiger partial charge in [-0.2, -0.15) is 0 Å². The minimum atomic E-state index is 0.511. The molecule has 2 saturated heterocycles. The minimum absolute atomic E-state index is 0.511. The van der Waals surface area contributed by atoms with E-state index in [-0.39, 0.29) is 0 Å². The molecule has 2 aliphatic carbocycles. The van der Waals surface area contributed by atoms with Gasteiger partial charge in [-0.1, -0.05) is 6.42 Å². The third-order valence-corrected chi connectivity index (χ3v) is 7.25. The second-order valence-electron chi connectivity index (χ2n) is 8.89. The summed E-state index contributed by atoms with van der Waals surface area (Å²) in [5.74, 6) is 1.61. The maximum absolute atomic E-state index is 6.16. The molecule has 1 atom stereocenters. The van der Waals surface area contributed by atoms with Crippen molar-refractivity contribution in [2.75, 3.05) is 59.7 Å². The lowest BCUT2D eigenvalue weighted by Crippen LogP contribution is -2.50. The standard InChI is InChI=1S/C20H36N2O2/c1-23-12-11-21-13-18(15-24-14-17-5-6-17)20(16-21)7-9-22(10-8-20)19-3-2-4-19/h17-19H,2-16H2,1H3/t18-/m0/s1. The van der Waals surface area contributed by atoms with Gasteiger partial charge in [0, 0.05) is 45.3 Å². The van der Waals surface area contributed by atoms with Gasteiger partial charge in [0.25, 0.3) is 0 Å². The molecule has 0 aromatic heterocycles. The first-order chi connectivity index (χ1) is 11.8. The quantitative estimate of drug-likeness (QED) is 0.680. The molecule has 0 unspecified atom stereocenters. The van der Waals surface area contributed by atoms with Crippen molar-refractivity contribution in [3.63, 3.8) is 0 Å². The van der Waals surface area contributed by atoms with Crippen LogP contribution in [0.2, 0.25) is 0 Å². The van der Waals surface area contributed by atoms with E-state index in [1.54, 1.807) is 0 Å². The summed E-state index contributed by atoms with van der Waals surface area (Å²) in [6, 6.07) is 0.915. The molecule has 4 nitrogen and oxygen atoms in total. The van der Waals surface area contributed by atoms with Gasteiger partial charge in [-0.25, -0.2) is 0 Å². The molecular weight excluding hydrogens is 300 g/mol. The van der Waals surface area contributed by atoms with Crippen LogP contribution in [0, 0.1) is 17.3 Å². The number of likely N-dealkylation sites (tertiary alicyclic amines) is 2. The summed E-state index contributed by atoms with van der Waals surface area (Å²) in [4.78, 5) is 5.43. The lowest BCUT2D eigenvalue weighted by atomic mass is 9.70. The van der Waals surface area contributed by atoms with Crippen LogP contribution in [0.15, 0.2) is 0 Å². The topological polar surface area (TPSA) is 24.9 Å². The van der Waals surface area contributed by atoms with E-state index in [0.29, 0.717) is 5.41 Å². The van der Waals surface area contributed by atoms with Gasteiger partial charge in [0.05, 0.1) is 13.2 Å². The smallest absolute Gasteiger partial charge is 0.0589 e. The summed E-state index contributed by atoms with van der Waals surface area (Å²) >= 11 is 0. The zero-order chi connectivity index (χ0) is 16.4. The van der Waals surface area contributed by atoms with E-state index in [1.165, 1.54) is 71.1 Å². The van der Waals surface area contributed by atoms with Crippen LogP contribution >= 0.6 is 0 Å². The molecule has 0 aromatic carbocycles. The predicted molar refractivity (Wildman–Crippen MR) is 96.2 cm³/mol. The van der Waals surface area contributed by atoms with Gasteiger partial charge in [0.15, 0.2) is 0 Å². The van der Waals surface area contributed by atoms with Crippen LogP contribution in [0.4, 0.5) is 0 Å². The second-order valence-corrected chi connectivity index (χ2v) is 8.89. The van der Waals surface area contributed by atoms with Crippen LogP contribution < -0.4 is 0 Å². The van der Waals surface area contributed by atoms with Gasteiger partial charge in [-0.3, -0.25) is 0 Å². The Morgan fingerprint density at radius 2 is 1.83 bits per heavy atom. The molecule has 0 aromatic rings. The molecule has 0 amide bonds. The largest absolute Gasteiger partial charge is 0.383 e. The highest BCUT2D eigenvalue weighted by Gasteiger charge is 2.48. The van der Waals surface area contributed by atoms with Crippen molar-refractivity contribution in [3.8, 4) is 0 Å². The molecule has 24 heavy (non-hydrogen) atoms. The number of rotatable bonds is 8. The molecule has 4 fully saturated rings. The average Bonchev–Trinajstić information content (AvgIpc) is 3.30. The van der Waals surface area contributed by atoms with E-state index in [2.05, 4.69) is 9.80 Å². The normalized spacial score (nSPS) is 31.6. The molecule has 4 heteroatoms. The molecular formula is C20H36N2O2. The number of nitrogens with zero attached hydrogens (tertiary/aromatic N) is 2. The molecule has 2 aliphatic heterocycles. The fourth-order valence-corrected chi connectivity index (χ4v) is 5.08. The molecule has 4 rings (SSSR count). The van der Waals surface area contributed by atoms with E-state index in [9.17, 15) is 0 Å². The van der Waals surface area contributed by atoms with Crippen LogP contribution in [0.5, 0.6) is 0 Å². The van der Waals surface area contributed by atoms with Gasteiger partial charge in [-0.05, 0) is 62.9 Å². The Kier molecular flexibility index (Phi) is 5.47.